The van der Waals surface area contributed by atoms with E-state index >= 15 is 0 Å². The summed E-state index contributed by atoms with van der Waals surface area (Å²) < 4.78 is 24.3. The molecule has 7 heteroatoms. The molecule has 1 heterocycles. The van der Waals surface area contributed by atoms with Crippen LogP contribution in [0, 0.1) is 11.2 Å². The van der Waals surface area contributed by atoms with Crippen molar-refractivity contribution in [3.05, 3.63) is 59.9 Å². The van der Waals surface area contributed by atoms with E-state index < -0.39 is 11.3 Å². The molecule has 0 radical (unpaired) electrons. The number of hydrogen-bond donors (Lipinski definition) is 1. The van der Waals surface area contributed by atoms with Gasteiger partial charge in [0.05, 0.1) is 19.3 Å². The molecule has 1 aliphatic heterocycles. The first-order chi connectivity index (χ1) is 13.9. The molecule has 0 bridgehead atoms. The third-order valence-electron chi connectivity index (χ3n) is 5.19. The molecule has 3 rings (SSSR count). The van der Waals surface area contributed by atoms with Crippen LogP contribution in [0.2, 0.25) is 0 Å². The Kier molecular flexibility index (Phi) is 6.36. The van der Waals surface area contributed by atoms with Crippen LogP contribution in [0.15, 0.2) is 48.5 Å². The molecule has 6 nitrogen and oxygen atoms in total. The van der Waals surface area contributed by atoms with Crippen LogP contribution in [0.3, 0.4) is 0 Å². The molecule has 0 saturated carbocycles. The minimum atomic E-state index is -0.601. The van der Waals surface area contributed by atoms with Crippen LogP contribution in [0.4, 0.5) is 4.39 Å². The number of nitrogens with two attached hydrogens (primary N) is 1. The Hall–Kier alpha value is -3.09. The number of rotatable bonds is 7. The van der Waals surface area contributed by atoms with Gasteiger partial charge in [-0.2, -0.15) is 0 Å². The molecule has 1 unspecified atom stereocenters. The van der Waals surface area contributed by atoms with Gasteiger partial charge in [-0.15, -0.1) is 0 Å². The normalized spacial score (nSPS) is 18.9. The van der Waals surface area contributed by atoms with E-state index in [1.54, 1.807) is 29.2 Å². The summed E-state index contributed by atoms with van der Waals surface area (Å²) in [6.45, 7) is 1.12. The van der Waals surface area contributed by atoms with Gasteiger partial charge in [-0.05, 0) is 49.2 Å². The SMILES string of the molecule is COc1ccccc1C(=O)N1CCCC(COc2ccc(F)cc2)(CC(N)=O)C1. The largest absolute Gasteiger partial charge is 0.496 e. The molecular formula is C22H25FN2O4. The van der Waals surface area contributed by atoms with E-state index in [1.165, 1.54) is 31.4 Å². The van der Waals surface area contributed by atoms with E-state index in [-0.39, 0.29) is 24.8 Å². The van der Waals surface area contributed by atoms with Gasteiger partial charge in [0.25, 0.3) is 5.91 Å². The zero-order valence-electron chi connectivity index (χ0n) is 16.4. The second-order valence-electron chi connectivity index (χ2n) is 7.42. The average molecular weight is 400 g/mol. The second-order valence-corrected chi connectivity index (χ2v) is 7.42. The van der Waals surface area contributed by atoms with Crippen molar-refractivity contribution in [2.75, 3.05) is 26.8 Å². The molecule has 1 saturated heterocycles. The summed E-state index contributed by atoms with van der Waals surface area (Å²) in [6, 6.07) is 12.8. The Labute approximate surface area is 169 Å². The number of nitrogens with zero attached hydrogens (tertiary/aromatic N) is 1. The maximum absolute atomic E-state index is 13.1. The fourth-order valence-electron chi connectivity index (χ4n) is 3.82. The zero-order valence-corrected chi connectivity index (χ0v) is 16.4. The number of carbonyl (C=O) groups excluding carboxylic acids is 2. The molecule has 0 aromatic heterocycles. The number of benzene rings is 2. The lowest BCUT2D eigenvalue weighted by molar-refractivity contribution is -0.122. The van der Waals surface area contributed by atoms with Crippen LogP contribution in [-0.2, 0) is 4.79 Å². The number of hydrogen-bond acceptors (Lipinski definition) is 4. The number of primary amides is 1. The third kappa shape index (κ3) is 5.04. The summed E-state index contributed by atoms with van der Waals surface area (Å²) in [5.41, 5.74) is 5.38. The van der Waals surface area contributed by atoms with Gasteiger partial charge in [-0.1, -0.05) is 12.1 Å². The van der Waals surface area contributed by atoms with Gasteiger partial charge in [-0.3, -0.25) is 9.59 Å². The van der Waals surface area contributed by atoms with Crippen molar-refractivity contribution in [1.82, 2.24) is 4.90 Å². The van der Waals surface area contributed by atoms with E-state index in [4.69, 9.17) is 15.2 Å². The van der Waals surface area contributed by atoms with Crippen molar-refractivity contribution in [3.63, 3.8) is 0 Å². The first kappa shape index (κ1) is 20.6. The highest BCUT2D eigenvalue weighted by Gasteiger charge is 2.40. The van der Waals surface area contributed by atoms with Crippen LogP contribution in [0.5, 0.6) is 11.5 Å². The van der Waals surface area contributed by atoms with Gasteiger partial charge in [0.15, 0.2) is 0 Å². The van der Waals surface area contributed by atoms with E-state index in [9.17, 15) is 14.0 Å². The van der Waals surface area contributed by atoms with E-state index in [1.807, 2.05) is 0 Å². The molecule has 154 valence electrons. The molecule has 1 fully saturated rings. The summed E-state index contributed by atoms with van der Waals surface area (Å²) in [5, 5.41) is 0. The zero-order chi connectivity index (χ0) is 20.9. The van der Waals surface area contributed by atoms with Gasteiger partial charge in [0, 0.05) is 24.9 Å². The van der Waals surface area contributed by atoms with E-state index in [0.29, 0.717) is 36.6 Å². The highest BCUT2D eigenvalue weighted by atomic mass is 19.1. The van der Waals surface area contributed by atoms with Gasteiger partial charge >= 0.3 is 0 Å². The predicted octanol–water partition coefficient (Wildman–Crippen LogP) is 3.01. The van der Waals surface area contributed by atoms with Crippen LogP contribution >= 0.6 is 0 Å². The van der Waals surface area contributed by atoms with Crippen molar-refractivity contribution < 1.29 is 23.5 Å². The molecule has 2 N–H and O–H groups in total. The van der Waals surface area contributed by atoms with Gasteiger partial charge < -0.3 is 20.1 Å². The lowest BCUT2D eigenvalue weighted by Crippen LogP contribution is -2.50. The van der Waals surface area contributed by atoms with Gasteiger partial charge in [0.2, 0.25) is 5.91 Å². The first-order valence-electron chi connectivity index (χ1n) is 9.51. The quantitative estimate of drug-likeness (QED) is 0.775. The number of carbonyl (C=O) groups is 2. The molecule has 1 aliphatic rings. The van der Waals surface area contributed by atoms with E-state index in [2.05, 4.69) is 0 Å². The smallest absolute Gasteiger partial charge is 0.257 e. The summed E-state index contributed by atoms with van der Waals surface area (Å²) in [7, 11) is 1.52. The standard InChI is InChI=1S/C22H25FN2O4/c1-28-19-6-3-2-5-18(19)21(27)25-12-4-11-22(14-25,13-20(24)26)15-29-17-9-7-16(23)8-10-17/h2-3,5-10H,4,11-15H2,1H3,(H2,24,26). The highest BCUT2D eigenvalue weighted by molar-refractivity contribution is 5.97. The molecule has 2 amide bonds. The highest BCUT2D eigenvalue weighted by Crippen LogP contribution is 2.35. The minimum Gasteiger partial charge on any atom is -0.496 e. The maximum atomic E-state index is 13.1. The number of amides is 2. The fraction of sp³-hybridized carbons (Fsp3) is 0.364. The molecular weight excluding hydrogens is 375 g/mol. The molecule has 0 aliphatic carbocycles. The molecule has 29 heavy (non-hydrogen) atoms. The predicted molar refractivity (Wildman–Crippen MR) is 106 cm³/mol. The van der Waals surface area contributed by atoms with Crippen LogP contribution in [0.25, 0.3) is 0 Å². The number of methoxy groups -OCH3 is 1. The Balaban J connectivity index is 1.78. The number of piperidine rings is 1. The van der Waals surface area contributed by atoms with Crippen LogP contribution < -0.4 is 15.2 Å². The number of para-hydroxylation sites is 1. The Morgan fingerprint density at radius 1 is 1.17 bits per heavy atom. The van der Waals surface area contributed by atoms with Crippen LogP contribution in [-0.4, -0.2) is 43.5 Å². The van der Waals surface area contributed by atoms with Crippen molar-refractivity contribution >= 4 is 11.8 Å². The van der Waals surface area contributed by atoms with Crippen molar-refractivity contribution in [2.24, 2.45) is 11.1 Å². The Morgan fingerprint density at radius 2 is 1.90 bits per heavy atom. The van der Waals surface area contributed by atoms with Crippen molar-refractivity contribution in [2.45, 2.75) is 19.3 Å². The lowest BCUT2D eigenvalue weighted by atomic mass is 9.77. The average Bonchev–Trinajstić information content (AvgIpc) is 2.72. The van der Waals surface area contributed by atoms with Gasteiger partial charge in [-0.25, -0.2) is 4.39 Å². The summed E-state index contributed by atoms with van der Waals surface area (Å²) >= 11 is 0. The number of halogens is 1. The van der Waals surface area contributed by atoms with Gasteiger partial charge in [0.1, 0.15) is 17.3 Å². The first-order valence-corrected chi connectivity index (χ1v) is 9.51. The topological polar surface area (TPSA) is 81.9 Å². The molecule has 1 atom stereocenters. The monoisotopic (exact) mass is 400 g/mol. The second kappa shape index (κ2) is 8.94. The molecule has 0 spiro atoms. The maximum Gasteiger partial charge on any atom is 0.257 e. The Bertz CT molecular complexity index is 871. The summed E-state index contributed by atoms with van der Waals surface area (Å²) in [5.74, 6) is 0.0575. The number of likely N-dealkylation sites (tertiary alicyclic amines) is 1. The lowest BCUT2D eigenvalue weighted by Gasteiger charge is -2.42. The van der Waals surface area contributed by atoms with E-state index in [0.717, 1.165) is 6.42 Å². The summed E-state index contributed by atoms with van der Waals surface area (Å²) in [4.78, 5) is 26.6. The Morgan fingerprint density at radius 3 is 2.59 bits per heavy atom. The van der Waals surface area contributed by atoms with Crippen LogP contribution in [0.1, 0.15) is 29.6 Å². The number of ether oxygens (including phenoxy) is 2. The third-order valence-corrected chi connectivity index (χ3v) is 5.19. The summed E-state index contributed by atoms with van der Waals surface area (Å²) in [6.07, 6.45) is 1.53. The minimum absolute atomic E-state index is 0.101. The molecule has 2 aromatic carbocycles. The molecule has 2 aromatic rings. The fourth-order valence-corrected chi connectivity index (χ4v) is 3.82. The van der Waals surface area contributed by atoms with Crippen molar-refractivity contribution in [3.8, 4) is 11.5 Å². The van der Waals surface area contributed by atoms with Crippen molar-refractivity contribution in [1.29, 1.82) is 0 Å².